The van der Waals surface area contributed by atoms with Crippen LogP contribution in [0.4, 0.5) is 0 Å². The zero-order valence-electron chi connectivity index (χ0n) is 15.0. The second-order valence-electron chi connectivity index (χ2n) is 8.77. The zero-order valence-corrected chi connectivity index (χ0v) is 15.0. The first kappa shape index (κ1) is 14.8. The third-order valence-electron chi connectivity index (χ3n) is 7.65. The molecule has 0 saturated heterocycles. The molecule has 0 radical (unpaired) electrons. The fourth-order valence-electron chi connectivity index (χ4n) is 6.68. The third-order valence-corrected chi connectivity index (χ3v) is 7.65. The normalized spacial score (nSPS) is 32.9. The van der Waals surface area contributed by atoms with Crippen LogP contribution in [0.25, 0.3) is 0 Å². The molecule has 3 fully saturated rings. The number of hydrogen-bond acceptors (Lipinski definition) is 0. The van der Waals surface area contributed by atoms with Gasteiger partial charge in [-0.1, -0.05) is 66.1 Å². The van der Waals surface area contributed by atoms with Crippen LogP contribution < -0.4 is 0 Å². The highest BCUT2D eigenvalue weighted by Gasteiger charge is 2.61. The minimum absolute atomic E-state index is 0.275. The number of hydrogen-bond donors (Lipinski definition) is 0. The van der Waals surface area contributed by atoms with Crippen LogP contribution in [-0.4, -0.2) is 0 Å². The van der Waals surface area contributed by atoms with Crippen molar-refractivity contribution in [3.63, 3.8) is 0 Å². The maximum Gasteiger partial charge on any atom is 0.0236 e. The van der Waals surface area contributed by atoms with Gasteiger partial charge in [0.25, 0.3) is 0 Å². The van der Waals surface area contributed by atoms with E-state index in [9.17, 15) is 0 Å². The van der Waals surface area contributed by atoms with E-state index in [0.29, 0.717) is 0 Å². The highest BCUT2D eigenvalue weighted by atomic mass is 14.6. The smallest absolute Gasteiger partial charge is 0.0236 e. The first-order valence-electron chi connectivity index (χ1n) is 9.83. The van der Waals surface area contributed by atoms with E-state index >= 15 is 0 Å². The SMILES string of the molecule is Cc1ccc(C2(c3ccc(C)cc3)CC3CC2C2CCCC32)cc1. The van der Waals surface area contributed by atoms with Gasteiger partial charge in [0.1, 0.15) is 0 Å². The molecule has 0 heteroatoms. The van der Waals surface area contributed by atoms with Crippen LogP contribution in [0.3, 0.4) is 0 Å². The largest absolute Gasteiger partial charge is 0.0590 e. The molecule has 4 atom stereocenters. The lowest BCUT2D eigenvalue weighted by Crippen LogP contribution is -2.40. The summed E-state index contributed by atoms with van der Waals surface area (Å²) in [6.07, 6.45) is 7.30. The summed E-state index contributed by atoms with van der Waals surface area (Å²) in [4.78, 5) is 0. The van der Waals surface area contributed by atoms with E-state index in [4.69, 9.17) is 0 Å². The molecule has 0 aliphatic heterocycles. The summed E-state index contributed by atoms with van der Waals surface area (Å²) in [5.41, 5.74) is 6.18. The molecule has 2 aromatic carbocycles. The molecule has 5 rings (SSSR count). The Hall–Kier alpha value is -1.56. The van der Waals surface area contributed by atoms with Crippen LogP contribution >= 0.6 is 0 Å². The Morgan fingerprint density at radius 3 is 1.88 bits per heavy atom. The van der Waals surface area contributed by atoms with E-state index in [1.165, 1.54) is 43.2 Å². The van der Waals surface area contributed by atoms with Crippen molar-refractivity contribution in [3.8, 4) is 0 Å². The molecule has 0 amide bonds. The summed E-state index contributed by atoms with van der Waals surface area (Å²) in [6.45, 7) is 4.41. The Labute approximate surface area is 146 Å². The van der Waals surface area contributed by atoms with Crippen LogP contribution in [0.5, 0.6) is 0 Å². The van der Waals surface area contributed by atoms with Gasteiger partial charge in [-0.2, -0.15) is 0 Å². The second-order valence-corrected chi connectivity index (χ2v) is 8.77. The van der Waals surface area contributed by atoms with Gasteiger partial charge in [-0.15, -0.1) is 0 Å². The van der Waals surface area contributed by atoms with E-state index in [2.05, 4.69) is 62.4 Å². The van der Waals surface area contributed by atoms with Crippen molar-refractivity contribution in [1.82, 2.24) is 0 Å². The summed E-state index contributed by atoms with van der Waals surface area (Å²) >= 11 is 0. The molecule has 0 spiro atoms. The van der Waals surface area contributed by atoms with Crippen molar-refractivity contribution < 1.29 is 0 Å². The van der Waals surface area contributed by atoms with Gasteiger partial charge in [-0.3, -0.25) is 0 Å². The summed E-state index contributed by atoms with van der Waals surface area (Å²) in [7, 11) is 0. The van der Waals surface area contributed by atoms with Crippen molar-refractivity contribution in [2.24, 2.45) is 23.7 Å². The molecular formula is C24H28. The molecule has 0 heterocycles. The Balaban J connectivity index is 1.67. The molecular weight excluding hydrogens is 288 g/mol. The summed E-state index contributed by atoms with van der Waals surface area (Å²) in [5.74, 6) is 3.84. The average molecular weight is 316 g/mol. The zero-order chi connectivity index (χ0) is 16.3. The molecule has 4 unspecified atom stereocenters. The number of benzene rings is 2. The average Bonchev–Trinajstić information content (AvgIpc) is 3.28. The fraction of sp³-hybridized carbons (Fsp3) is 0.500. The molecule has 3 saturated carbocycles. The standard InChI is InChI=1S/C24H28/c1-16-6-10-19(11-7-16)24(20-12-8-17(2)9-13-20)15-18-14-23(24)22-5-3-4-21(18)22/h6-13,18,21-23H,3-5,14-15H2,1-2H3. The Kier molecular flexibility index (Phi) is 3.21. The highest BCUT2D eigenvalue weighted by Crippen LogP contribution is 2.67. The Bertz CT molecular complexity index is 691. The molecule has 3 aliphatic rings. The predicted octanol–water partition coefficient (Wildman–Crippen LogP) is 6.05. The molecule has 124 valence electrons. The molecule has 2 aromatic rings. The monoisotopic (exact) mass is 316 g/mol. The maximum atomic E-state index is 2.43. The van der Waals surface area contributed by atoms with Crippen LogP contribution in [0, 0.1) is 37.5 Å². The summed E-state index contributed by atoms with van der Waals surface area (Å²) in [6, 6.07) is 19.0. The number of fused-ring (bicyclic) bond motifs is 5. The van der Waals surface area contributed by atoms with Gasteiger partial charge in [0, 0.05) is 5.41 Å². The van der Waals surface area contributed by atoms with Crippen molar-refractivity contribution in [1.29, 1.82) is 0 Å². The number of rotatable bonds is 2. The van der Waals surface area contributed by atoms with Crippen molar-refractivity contribution >= 4 is 0 Å². The van der Waals surface area contributed by atoms with Gasteiger partial charge in [0.05, 0.1) is 0 Å². The Morgan fingerprint density at radius 1 is 0.750 bits per heavy atom. The lowest BCUT2D eigenvalue weighted by molar-refractivity contribution is 0.181. The lowest BCUT2D eigenvalue weighted by Gasteiger charge is -2.44. The second kappa shape index (κ2) is 5.22. The summed E-state index contributed by atoms with van der Waals surface area (Å²) < 4.78 is 0. The first-order chi connectivity index (χ1) is 11.7. The fourth-order valence-corrected chi connectivity index (χ4v) is 6.68. The minimum Gasteiger partial charge on any atom is -0.0590 e. The summed E-state index contributed by atoms with van der Waals surface area (Å²) in [5, 5.41) is 0. The Morgan fingerprint density at radius 2 is 1.29 bits per heavy atom. The van der Waals surface area contributed by atoms with E-state index in [1.54, 1.807) is 11.1 Å². The van der Waals surface area contributed by atoms with Crippen molar-refractivity contribution in [3.05, 3.63) is 70.8 Å². The number of aryl methyl sites for hydroxylation is 2. The molecule has 2 bridgehead atoms. The van der Waals surface area contributed by atoms with Gasteiger partial charge >= 0.3 is 0 Å². The van der Waals surface area contributed by atoms with Gasteiger partial charge in [-0.25, -0.2) is 0 Å². The lowest BCUT2D eigenvalue weighted by atomic mass is 9.59. The van der Waals surface area contributed by atoms with E-state index < -0.39 is 0 Å². The van der Waals surface area contributed by atoms with Crippen molar-refractivity contribution in [2.45, 2.75) is 51.4 Å². The van der Waals surface area contributed by atoms with Crippen LogP contribution in [0.1, 0.15) is 54.4 Å². The van der Waals surface area contributed by atoms with E-state index in [-0.39, 0.29) is 5.41 Å². The predicted molar refractivity (Wildman–Crippen MR) is 100 cm³/mol. The van der Waals surface area contributed by atoms with Gasteiger partial charge in [-0.05, 0) is 74.3 Å². The van der Waals surface area contributed by atoms with Crippen molar-refractivity contribution in [2.75, 3.05) is 0 Å². The van der Waals surface area contributed by atoms with E-state index in [1.807, 2.05) is 0 Å². The highest BCUT2D eigenvalue weighted by molar-refractivity contribution is 5.45. The van der Waals surface area contributed by atoms with E-state index in [0.717, 1.165) is 23.7 Å². The topological polar surface area (TPSA) is 0 Å². The van der Waals surface area contributed by atoms with Gasteiger partial charge in [0.15, 0.2) is 0 Å². The minimum atomic E-state index is 0.275. The first-order valence-corrected chi connectivity index (χ1v) is 9.83. The quantitative estimate of drug-likeness (QED) is 0.633. The molecule has 0 nitrogen and oxygen atoms in total. The van der Waals surface area contributed by atoms with Gasteiger partial charge in [0.2, 0.25) is 0 Å². The van der Waals surface area contributed by atoms with Crippen LogP contribution in [-0.2, 0) is 5.41 Å². The maximum absolute atomic E-state index is 2.43. The van der Waals surface area contributed by atoms with Crippen LogP contribution in [0.15, 0.2) is 48.5 Å². The molecule has 0 N–H and O–H groups in total. The third kappa shape index (κ3) is 1.92. The molecule has 0 aromatic heterocycles. The molecule has 3 aliphatic carbocycles. The molecule has 24 heavy (non-hydrogen) atoms. The van der Waals surface area contributed by atoms with Crippen LogP contribution in [0.2, 0.25) is 0 Å². The van der Waals surface area contributed by atoms with Gasteiger partial charge < -0.3 is 0 Å².